The van der Waals surface area contributed by atoms with E-state index in [1.807, 2.05) is 0 Å². The number of aliphatic hydroxyl groups is 1. The number of nitrogens with zero attached hydrogens (tertiary/aromatic N) is 2. The molecule has 0 saturated heterocycles. The predicted octanol–water partition coefficient (Wildman–Crippen LogP) is -0.453. The van der Waals surface area contributed by atoms with Crippen molar-refractivity contribution in [1.29, 1.82) is 0 Å². The lowest BCUT2D eigenvalue weighted by Gasteiger charge is -2.03. The van der Waals surface area contributed by atoms with Crippen LogP contribution in [0.1, 0.15) is 5.56 Å². The third-order valence-corrected chi connectivity index (χ3v) is 1.48. The third kappa shape index (κ3) is 2.60. The van der Waals surface area contributed by atoms with Crippen molar-refractivity contribution in [2.75, 3.05) is 13.2 Å². The van der Waals surface area contributed by atoms with Crippen molar-refractivity contribution in [2.24, 2.45) is 10.9 Å². The van der Waals surface area contributed by atoms with Crippen molar-refractivity contribution in [3.8, 4) is 5.88 Å². The van der Waals surface area contributed by atoms with Crippen LogP contribution < -0.4 is 10.5 Å². The summed E-state index contributed by atoms with van der Waals surface area (Å²) in [5, 5.41) is 19.7. The van der Waals surface area contributed by atoms with Gasteiger partial charge in [-0.05, 0) is 6.07 Å². The standard InChI is InChI=1S/C8H11N3O3/c9-8(11-13)6-1-2-7(10-5-6)14-4-3-12/h1-2,5,12-13H,3-4H2,(H2,9,11). The first-order valence-corrected chi connectivity index (χ1v) is 3.95. The van der Waals surface area contributed by atoms with E-state index in [1.165, 1.54) is 6.20 Å². The first kappa shape index (κ1) is 10.3. The van der Waals surface area contributed by atoms with Crippen LogP contribution in [0.25, 0.3) is 0 Å². The Morgan fingerprint density at radius 1 is 1.57 bits per heavy atom. The van der Waals surface area contributed by atoms with E-state index in [-0.39, 0.29) is 19.0 Å². The molecule has 14 heavy (non-hydrogen) atoms. The molecule has 0 bridgehead atoms. The van der Waals surface area contributed by atoms with Gasteiger partial charge in [0.2, 0.25) is 5.88 Å². The predicted molar refractivity (Wildman–Crippen MR) is 49.3 cm³/mol. The van der Waals surface area contributed by atoms with Crippen LogP contribution >= 0.6 is 0 Å². The summed E-state index contributed by atoms with van der Waals surface area (Å²) in [6, 6.07) is 3.18. The fourth-order valence-corrected chi connectivity index (χ4v) is 0.825. The molecule has 0 aliphatic carbocycles. The quantitative estimate of drug-likeness (QED) is 0.262. The van der Waals surface area contributed by atoms with E-state index in [9.17, 15) is 0 Å². The summed E-state index contributed by atoms with van der Waals surface area (Å²) in [7, 11) is 0. The van der Waals surface area contributed by atoms with E-state index in [4.69, 9.17) is 20.8 Å². The zero-order valence-electron chi connectivity index (χ0n) is 7.42. The largest absolute Gasteiger partial charge is 0.475 e. The zero-order valence-corrected chi connectivity index (χ0v) is 7.42. The van der Waals surface area contributed by atoms with Crippen LogP contribution in [-0.4, -0.2) is 34.3 Å². The van der Waals surface area contributed by atoms with Gasteiger partial charge in [0.05, 0.1) is 6.61 Å². The molecular formula is C8H11N3O3. The molecule has 0 fully saturated rings. The van der Waals surface area contributed by atoms with Crippen LogP contribution in [0.2, 0.25) is 0 Å². The van der Waals surface area contributed by atoms with Crippen molar-refractivity contribution in [3.05, 3.63) is 23.9 Å². The Morgan fingerprint density at radius 3 is 2.86 bits per heavy atom. The van der Waals surface area contributed by atoms with E-state index in [0.717, 1.165) is 0 Å². The first-order valence-electron chi connectivity index (χ1n) is 3.95. The lowest BCUT2D eigenvalue weighted by molar-refractivity contribution is 0.196. The molecule has 0 atom stereocenters. The second-order valence-electron chi connectivity index (χ2n) is 2.44. The van der Waals surface area contributed by atoms with Gasteiger partial charge in [0, 0.05) is 17.8 Å². The summed E-state index contributed by atoms with van der Waals surface area (Å²) in [6.45, 7) is 0.125. The van der Waals surface area contributed by atoms with Crippen LogP contribution in [0.15, 0.2) is 23.5 Å². The lowest BCUT2D eigenvalue weighted by Crippen LogP contribution is -2.13. The van der Waals surface area contributed by atoms with Crippen molar-refractivity contribution in [2.45, 2.75) is 0 Å². The van der Waals surface area contributed by atoms with Gasteiger partial charge in [-0.15, -0.1) is 0 Å². The van der Waals surface area contributed by atoms with Crippen molar-refractivity contribution in [1.82, 2.24) is 4.98 Å². The van der Waals surface area contributed by atoms with Gasteiger partial charge in [0.25, 0.3) is 0 Å². The summed E-state index contributed by atoms with van der Waals surface area (Å²) in [5.41, 5.74) is 5.83. The van der Waals surface area contributed by atoms with Gasteiger partial charge in [-0.25, -0.2) is 4.98 Å². The molecule has 0 radical (unpaired) electrons. The number of amidine groups is 1. The molecule has 0 aliphatic heterocycles. The molecule has 4 N–H and O–H groups in total. The van der Waals surface area contributed by atoms with Crippen molar-refractivity contribution < 1.29 is 15.1 Å². The third-order valence-electron chi connectivity index (χ3n) is 1.48. The van der Waals surface area contributed by atoms with E-state index in [1.54, 1.807) is 12.1 Å². The highest BCUT2D eigenvalue weighted by atomic mass is 16.5. The highest BCUT2D eigenvalue weighted by Gasteiger charge is 2.00. The number of hydrogen-bond donors (Lipinski definition) is 3. The number of hydrogen-bond acceptors (Lipinski definition) is 5. The molecule has 0 aliphatic rings. The van der Waals surface area contributed by atoms with E-state index >= 15 is 0 Å². The number of aromatic nitrogens is 1. The Bertz CT molecular complexity index is 310. The molecule has 6 heteroatoms. The van der Waals surface area contributed by atoms with Crippen molar-refractivity contribution in [3.63, 3.8) is 0 Å². The van der Waals surface area contributed by atoms with E-state index in [0.29, 0.717) is 11.4 Å². The molecule has 6 nitrogen and oxygen atoms in total. The molecule has 0 saturated carbocycles. The highest BCUT2D eigenvalue weighted by molar-refractivity contribution is 5.96. The minimum atomic E-state index is -0.0658. The average molecular weight is 197 g/mol. The molecule has 0 spiro atoms. The summed E-state index contributed by atoms with van der Waals surface area (Å²) in [5.74, 6) is 0.375. The highest BCUT2D eigenvalue weighted by Crippen LogP contribution is 2.06. The van der Waals surface area contributed by atoms with Crippen LogP contribution in [0.4, 0.5) is 0 Å². The van der Waals surface area contributed by atoms with E-state index in [2.05, 4.69) is 10.1 Å². The van der Waals surface area contributed by atoms with Gasteiger partial charge < -0.3 is 20.8 Å². The number of pyridine rings is 1. The van der Waals surface area contributed by atoms with Crippen LogP contribution in [0.5, 0.6) is 5.88 Å². The maximum Gasteiger partial charge on any atom is 0.213 e. The first-order chi connectivity index (χ1) is 6.77. The molecule has 76 valence electrons. The number of aliphatic hydroxyl groups excluding tert-OH is 1. The molecule has 1 aromatic rings. The SMILES string of the molecule is N/C(=N\O)c1ccc(OCCO)nc1. The molecule has 0 amide bonds. The number of nitrogens with two attached hydrogens (primary N) is 1. The fraction of sp³-hybridized carbons (Fsp3) is 0.250. The summed E-state index contributed by atoms with van der Waals surface area (Å²) >= 11 is 0. The summed E-state index contributed by atoms with van der Waals surface area (Å²) in [6.07, 6.45) is 1.42. The second-order valence-corrected chi connectivity index (χ2v) is 2.44. The summed E-state index contributed by atoms with van der Waals surface area (Å²) in [4.78, 5) is 3.88. The molecular weight excluding hydrogens is 186 g/mol. The Morgan fingerprint density at radius 2 is 2.36 bits per heavy atom. The normalized spacial score (nSPS) is 11.4. The monoisotopic (exact) mass is 197 g/mol. The smallest absolute Gasteiger partial charge is 0.213 e. The molecule has 0 unspecified atom stereocenters. The molecule has 1 heterocycles. The van der Waals surface area contributed by atoms with Crippen LogP contribution in [-0.2, 0) is 0 Å². The second kappa shape index (κ2) is 5.03. The minimum absolute atomic E-state index is 0.00814. The van der Waals surface area contributed by atoms with Gasteiger partial charge in [-0.3, -0.25) is 0 Å². The summed E-state index contributed by atoms with van der Waals surface area (Å²) < 4.78 is 5.02. The Labute approximate surface area is 80.6 Å². The van der Waals surface area contributed by atoms with Gasteiger partial charge >= 0.3 is 0 Å². The topological polar surface area (TPSA) is 101 Å². The van der Waals surface area contributed by atoms with Crippen molar-refractivity contribution >= 4 is 5.84 Å². The van der Waals surface area contributed by atoms with Crippen LogP contribution in [0, 0.1) is 0 Å². The minimum Gasteiger partial charge on any atom is -0.475 e. The number of oxime groups is 1. The van der Waals surface area contributed by atoms with Gasteiger partial charge in [0.15, 0.2) is 5.84 Å². The van der Waals surface area contributed by atoms with E-state index < -0.39 is 0 Å². The van der Waals surface area contributed by atoms with Gasteiger partial charge in [-0.2, -0.15) is 0 Å². The fourth-order valence-electron chi connectivity index (χ4n) is 0.825. The van der Waals surface area contributed by atoms with Gasteiger partial charge in [0.1, 0.15) is 6.61 Å². The zero-order chi connectivity index (χ0) is 10.4. The van der Waals surface area contributed by atoms with Crippen LogP contribution in [0.3, 0.4) is 0 Å². The molecule has 0 aromatic carbocycles. The molecule has 1 rings (SSSR count). The maximum absolute atomic E-state index is 8.48. The average Bonchev–Trinajstić information content (AvgIpc) is 2.26. The maximum atomic E-state index is 8.48. The Balaban J connectivity index is 2.68. The Kier molecular flexibility index (Phi) is 3.69. The van der Waals surface area contributed by atoms with Gasteiger partial charge in [-0.1, -0.05) is 5.16 Å². The number of ether oxygens (including phenoxy) is 1. The number of rotatable bonds is 4. The molecule has 1 aromatic heterocycles. The lowest BCUT2D eigenvalue weighted by atomic mass is 10.3. The Hall–Kier alpha value is -1.82.